The first-order chi connectivity index (χ1) is 13.0. The van der Waals surface area contributed by atoms with Crippen LogP contribution in [0.25, 0.3) is 0 Å². The Kier molecular flexibility index (Phi) is 10.6. The largest absolute Gasteiger partial charge is 0.494 e. The second-order valence-electron chi connectivity index (χ2n) is 6.38. The molecular formula is C20H28N2O5. The number of aldehydes is 3. The highest BCUT2D eigenvalue weighted by molar-refractivity contribution is 5.80. The molecule has 1 rings (SSSR count). The molecule has 0 aliphatic rings. The van der Waals surface area contributed by atoms with E-state index >= 15 is 0 Å². The molecule has 0 bridgehead atoms. The van der Waals surface area contributed by atoms with E-state index in [1.165, 1.54) is 0 Å². The average Bonchev–Trinajstić information content (AvgIpc) is 2.66. The number of carbonyl (C=O) groups is 4. The average molecular weight is 376 g/mol. The van der Waals surface area contributed by atoms with Crippen molar-refractivity contribution in [2.24, 2.45) is 5.73 Å². The van der Waals surface area contributed by atoms with E-state index in [0.29, 0.717) is 43.7 Å². The molecule has 0 aliphatic carbocycles. The number of nitrogens with two attached hydrogens (primary N) is 1. The summed E-state index contributed by atoms with van der Waals surface area (Å²) in [6, 6.07) is 4.83. The van der Waals surface area contributed by atoms with Crippen molar-refractivity contribution in [1.29, 1.82) is 0 Å². The molecule has 1 aromatic carbocycles. The van der Waals surface area contributed by atoms with Gasteiger partial charge in [-0.05, 0) is 50.4 Å². The van der Waals surface area contributed by atoms with Gasteiger partial charge in [0.15, 0.2) is 0 Å². The van der Waals surface area contributed by atoms with E-state index in [-0.39, 0.29) is 6.42 Å². The maximum Gasteiger partial charge on any atom is 0.234 e. The number of rotatable bonds is 15. The number of carbonyl (C=O) groups excluding carboxylic acids is 4. The van der Waals surface area contributed by atoms with E-state index in [2.05, 4.69) is 0 Å². The topological polar surface area (TPSA) is 107 Å². The molecule has 0 saturated heterocycles. The first kappa shape index (κ1) is 22.5. The quantitative estimate of drug-likeness (QED) is 0.368. The first-order valence-electron chi connectivity index (χ1n) is 9.11. The smallest absolute Gasteiger partial charge is 0.234 e. The summed E-state index contributed by atoms with van der Waals surface area (Å²) in [6.07, 6.45) is 5.74. The van der Waals surface area contributed by atoms with Crippen molar-refractivity contribution in [2.45, 2.75) is 44.6 Å². The fraction of sp³-hybridized carbons (Fsp3) is 0.500. The van der Waals surface area contributed by atoms with Crippen molar-refractivity contribution in [2.75, 3.05) is 20.2 Å². The summed E-state index contributed by atoms with van der Waals surface area (Å²) in [4.78, 5) is 45.6. The standard InChI is InChI=1S/C20H28N2O5/c1-22(19(20(21)26)6-5-12-24)10-9-16-7-8-18(14-17(16)15-25)27-13-4-2-3-11-23/h7-8,11-12,14-15,19H,2-6,9-10,13H2,1H3,(H2,21,26). The fourth-order valence-electron chi connectivity index (χ4n) is 2.78. The molecular weight excluding hydrogens is 348 g/mol. The van der Waals surface area contributed by atoms with Crippen molar-refractivity contribution in [1.82, 2.24) is 4.90 Å². The van der Waals surface area contributed by atoms with Gasteiger partial charge in [0.1, 0.15) is 24.6 Å². The highest BCUT2D eigenvalue weighted by Crippen LogP contribution is 2.18. The second-order valence-corrected chi connectivity index (χ2v) is 6.38. The summed E-state index contributed by atoms with van der Waals surface area (Å²) in [5.41, 5.74) is 6.80. The summed E-state index contributed by atoms with van der Waals surface area (Å²) in [6.45, 7) is 1.02. The number of unbranched alkanes of at least 4 members (excludes halogenated alkanes) is 2. The molecule has 1 atom stereocenters. The van der Waals surface area contributed by atoms with Crippen LogP contribution in [0.15, 0.2) is 18.2 Å². The fourth-order valence-corrected chi connectivity index (χ4v) is 2.78. The summed E-state index contributed by atoms with van der Waals surface area (Å²) >= 11 is 0. The van der Waals surface area contributed by atoms with Crippen LogP contribution in [-0.4, -0.2) is 55.9 Å². The van der Waals surface area contributed by atoms with Gasteiger partial charge >= 0.3 is 0 Å². The SMILES string of the molecule is CN(CCc1ccc(OCCCCC=O)cc1C=O)C(CCC=O)C(N)=O. The Bertz CT molecular complexity index is 633. The van der Waals surface area contributed by atoms with Gasteiger partial charge < -0.3 is 20.1 Å². The van der Waals surface area contributed by atoms with Crippen molar-refractivity contribution < 1.29 is 23.9 Å². The van der Waals surface area contributed by atoms with Crippen molar-refractivity contribution in [3.8, 4) is 5.75 Å². The van der Waals surface area contributed by atoms with Crippen LogP contribution in [0.3, 0.4) is 0 Å². The Hall–Kier alpha value is -2.54. The molecule has 0 aliphatic heterocycles. The lowest BCUT2D eigenvalue weighted by Gasteiger charge is -2.25. The molecule has 2 N–H and O–H groups in total. The van der Waals surface area contributed by atoms with E-state index in [9.17, 15) is 19.2 Å². The van der Waals surface area contributed by atoms with Gasteiger partial charge in [-0.2, -0.15) is 0 Å². The molecule has 0 radical (unpaired) electrons. The predicted octanol–water partition coefficient (Wildman–Crippen LogP) is 1.55. The summed E-state index contributed by atoms with van der Waals surface area (Å²) in [7, 11) is 1.78. The Morgan fingerprint density at radius 1 is 1.19 bits per heavy atom. The molecule has 7 nitrogen and oxygen atoms in total. The Morgan fingerprint density at radius 2 is 1.93 bits per heavy atom. The van der Waals surface area contributed by atoms with Crippen LogP contribution in [0.2, 0.25) is 0 Å². The van der Waals surface area contributed by atoms with Crippen molar-refractivity contribution >= 4 is 24.8 Å². The number of nitrogens with zero attached hydrogens (tertiary/aromatic N) is 1. The minimum Gasteiger partial charge on any atom is -0.494 e. The van der Waals surface area contributed by atoms with Gasteiger partial charge in [0, 0.05) is 24.9 Å². The number of amides is 1. The van der Waals surface area contributed by atoms with Crippen LogP contribution in [-0.2, 0) is 20.8 Å². The Labute approximate surface area is 159 Å². The van der Waals surface area contributed by atoms with Crippen molar-refractivity contribution in [3.63, 3.8) is 0 Å². The third-order valence-corrected chi connectivity index (χ3v) is 4.38. The highest BCUT2D eigenvalue weighted by atomic mass is 16.5. The molecule has 0 heterocycles. The van der Waals surface area contributed by atoms with Gasteiger partial charge in [-0.25, -0.2) is 0 Å². The van der Waals surface area contributed by atoms with Crippen LogP contribution < -0.4 is 10.5 Å². The van der Waals surface area contributed by atoms with Gasteiger partial charge in [0.05, 0.1) is 12.6 Å². The van der Waals surface area contributed by atoms with Crippen LogP contribution in [0.5, 0.6) is 5.75 Å². The lowest BCUT2D eigenvalue weighted by atomic mass is 10.0. The van der Waals surface area contributed by atoms with Gasteiger partial charge in [-0.1, -0.05) is 6.07 Å². The molecule has 0 spiro atoms. The van der Waals surface area contributed by atoms with E-state index in [1.54, 1.807) is 24.1 Å². The van der Waals surface area contributed by atoms with Gasteiger partial charge in [-0.3, -0.25) is 14.5 Å². The lowest BCUT2D eigenvalue weighted by molar-refractivity contribution is -0.123. The number of likely N-dealkylation sites (N-methyl/N-ethyl adjacent to an activating group) is 1. The normalized spacial score (nSPS) is 11.8. The van der Waals surface area contributed by atoms with Crippen LogP contribution in [0.4, 0.5) is 0 Å². The second kappa shape index (κ2) is 12.8. The van der Waals surface area contributed by atoms with E-state index < -0.39 is 11.9 Å². The predicted molar refractivity (Wildman–Crippen MR) is 102 cm³/mol. The maximum absolute atomic E-state index is 11.6. The lowest BCUT2D eigenvalue weighted by Crippen LogP contribution is -2.43. The molecule has 1 unspecified atom stereocenters. The number of benzene rings is 1. The number of ether oxygens (including phenoxy) is 1. The molecule has 1 aromatic rings. The van der Waals surface area contributed by atoms with E-state index in [0.717, 1.165) is 37.3 Å². The molecule has 27 heavy (non-hydrogen) atoms. The van der Waals surface area contributed by atoms with Crippen LogP contribution in [0, 0.1) is 0 Å². The zero-order valence-corrected chi connectivity index (χ0v) is 15.8. The first-order valence-corrected chi connectivity index (χ1v) is 9.11. The monoisotopic (exact) mass is 376 g/mol. The molecule has 7 heteroatoms. The van der Waals surface area contributed by atoms with Gasteiger partial charge in [0.25, 0.3) is 0 Å². The van der Waals surface area contributed by atoms with Gasteiger partial charge in [0.2, 0.25) is 5.91 Å². The van der Waals surface area contributed by atoms with Gasteiger partial charge in [-0.15, -0.1) is 0 Å². The van der Waals surface area contributed by atoms with Crippen LogP contribution >= 0.6 is 0 Å². The third-order valence-electron chi connectivity index (χ3n) is 4.38. The van der Waals surface area contributed by atoms with E-state index in [1.807, 2.05) is 6.07 Å². The van der Waals surface area contributed by atoms with Crippen molar-refractivity contribution in [3.05, 3.63) is 29.3 Å². The Balaban J connectivity index is 2.63. The molecule has 0 aromatic heterocycles. The summed E-state index contributed by atoms with van der Waals surface area (Å²) in [5.74, 6) is 0.148. The number of primary amides is 1. The van der Waals surface area contributed by atoms with Crippen LogP contribution in [0.1, 0.15) is 48.0 Å². The molecule has 1 amide bonds. The molecule has 0 fully saturated rings. The molecule has 0 saturated carbocycles. The third kappa shape index (κ3) is 8.13. The minimum absolute atomic E-state index is 0.274. The number of hydrogen-bond donors (Lipinski definition) is 1. The van der Waals surface area contributed by atoms with E-state index in [4.69, 9.17) is 10.5 Å². The number of hydrogen-bond acceptors (Lipinski definition) is 6. The highest BCUT2D eigenvalue weighted by Gasteiger charge is 2.20. The zero-order valence-electron chi connectivity index (χ0n) is 15.8. The Morgan fingerprint density at radius 3 is 2.56 bits per heavy atom. The zero-order chi connectivity index (χ0) is 20.1. The maximum atomic E-state index is 11.6. The minimum atomic E-state index is -0.510. The summed E-state index contributed by atoms with van der Waals surface area (Å²) in [5, 5.41) is 0. The summed E-state index contributed by atoms with van der Waals surface area (Å²) < 4.78 is 5.61. The molecule has 148 valence electrons.